The molecule has 8 nitrogen and oxygen atoms in total. The highest BCUT2D eigenvalue weighted by atomic mass is 16.5. The molecule has 2 aliphatic rings. The summed E-state index contributed by atoms with van der Waals surface area (Å²) in [5, 5.41) is 8.77. The Kier molecular flexibility index (Phi) is 5.03. The summed E-state index contributed by atoms with van der Waals surface area (Å²) in [5.41, 5.74) is 1.48. The van der Waals surface area contributed by atoms with Crippen LogP contribution in [0, 0.1) is 5.92 Å². The summed E-state index contributed by atoms with van der Waals surface area (Å²) in [5.74, 6) is 0.617. The third kappa shape index (κ3) is 3.96. The van der Waals surface area contributed by atoms with Crippen LogP contribution >= 0.6 is 0 Å². The third-order valence-corrected chi connectivity index (χ3v) is 4.89. The lowest BCUT2D eigenvalue weighted by molar-refractivity contribution is 0.0135. The van der Waals surface area contributed by atoms with E-state index in [1.54, 1.807) is 24.1 Å². The Labute approximate surface area is 152 Å². The molecule has 8 heteroatoms. The number of carbonyl (C=O) groups excluding carboxylic acids is 1. The summed E-state index contributed by atoms with van der Waals surface area (Å²) >= 11 is 0. The van der Waals surface area contributed by atoms with Gasteiger partial charge in [-0.05, 0) is 30.9 Å². The Bertz CT molecular complexity index is 752. The van der Waals surface area contributed by atoms with Gasteiger partial charge in [-0.3, -0.25) is 14.2 Å². The highest BCUT2D eigenvalue weighted by Crippen LogP contribution is 2.29. The van der Waals surface area contributed by atoms with Crippen molar-refractivity contribution < 1.29 is 14.3 Å². The molecule has 1 atom stereocenters. The average Bonchev–Trinajstić information content (AvgIpc) is 3.25. The van der Waals surface area contributed by atoms with E-state index in [-0.39, 0.29) is 12.0 Å². The van der Waals surface area contributed by atoms with Crippen molar-refractivity contribution in [3.63, 3.8) is 0 Å². The molecule has 26 heavy (non-hydrogen) atoms. The first-order valence-corrected chi connectivity index (χ1v) is 9.17. The zero-order valence-electron chi connectivity index (χ0n) is 15.1. The maximum atomic E-state index is 13.0. The molecule has 1 aliphatic carbocycles. The molecule has 140 valence electrons. The van der Waals surface area contributed by atoms with Gasteiger partial charge in [0.15, 0.2) is 0 Å². The Morgan fingerprint density at radius 1 is 1.31 bits per heavy atom. The topological polar surface area (TPSA) is 74.4 Å². The van der Waals surface area contributed by atoms with Gasteiger partial charge in [0.05, 0.1) is 38.0 Å². The van der Waals surface area contributed by atoms with Gasteiger partial charge in [-0.15, -0.1) is 0 Å². The first kappa shape index (κ1) is 17.2. The zero-order valence-corrected chi connectivity index (χ0v) is 15.1. The highest BCUT2D eigenvalue weighted by molar-refractivity contribution is 5.92. The second-order valence-corrected chi connectivity index (χ2v) is 7.05. The number of carbonyl (C=O) groups is 1. The van der Waals surface area contributed by atoms with Gasteiger partial charge >= 0.3 is 0 Å². The van der Waals surface area contributed by atoms with Gasteiger partial charge in [0, 0.05) is 32.7 Å². The van der Waals surface area contributed by atoms with Crippen molar-refractivity contribution in [1.82, 2.24) is 24.5 Å². The maximum Gasteiger partial charge on any atom is 0.274 e. The average molecular weight is 359 g/mol. The van der Waals surface area contributed by atoms with Gasteiger partial charge in [-0.25, -0.2) is 0 Å². The van der Waals surface area contributed by atoms with Gasteiger partial charge in [0.1, 0.15) is 5.69 Å². The van der Waals surface area contributed by atoms with E-state index in [0.29, 0.717) is 44.4 Å². The van der Waals surface area contributed by atoms with Crippen molar-refractivity contribution in [2.45, 2.75) is 38.6 Å². The zero-order chi connectivity index (χ0) is 17.9. The fourth-order valence-electron chi connectivity index (χ4n) is 3.18. The van der Waals surface area contributed by atoms with Crippen molar-refractivity contribution in [3.8, 4) is 0 Å². The van der Waals surface area contributed by atoms with Crippen LogP contribution in [0.1, 0.15) is 29.0 Å². The van der Waals surface area contributed by atoms with Crippen LogP contribution in [0.15, 0.2) is 24.5 Å². The van der Waals surface area contributed by atoms with E-state index in [0.717, 1.165) is 12.3 Å². The van der Waals surface area contributed by atoms with E-state index < -0.39 is 0 Å². The lowest BCUT2D eigenvalue weighted by atomic mass is 10.3. The number of nitrogens with zero attached hydrogens (tertiary/aromatic N) is 5. The van der Waals surface area contributed by atoms with E-state index in [1.807, 2.05) is 21.8 Å². The highest BCUT2D eigenvalue weighted by Gasteiger charge is 2.29. The molecule has 0 radical (unpaired) electrons. The number of hydrogen-bond acceptors (Lipinski definition) is 5. The molecule has 1 saturated carbocycles. The second kappa shape index (κ2) is 7.59. The lowest BCUT2D eigenvalue weighted by Gasteiger charge is -2.23. The molecule has 0 saturated heterocycles. The molecule has 3 heterocycles. The van der Waals surface area contributed by atoms with Crippen molar-refractivity contribution in [2.75, 3.05) is 26.9 Å². The van der Waals surface area contributed by atoms with Gasteiger partial charge in [-0.1, -0.05) is 0 Å². The van der Waals surface area contributed by atoms with E-state index >= 15 is 0 Å². The summed E-state index contributed by atoms with van der Waals surface area (Å²) in [6.45, 7) is 3.72. The minimum atomic E-state index is -0.0733. The van der Waals surface area contributed by atoms with Crippen LogP contribution in [0.25, 0.3) is 0 Å². The Balaban J connectivity index is 1.47. The number of methoxy groups -OCH3 is 1. The predicted molar refractivity (Wildman–Crippen MR) is 93.5 cm³/mol. The summed E-state index contributed by atoms with van der Waals surface area (Å²) in [7, 11) is 1.65. The van der Waals surface area contributed by atoms with Crippen LogP contribution in [-0.2, 0) is 29.1 Å². The molecule has 0 aromatic carbocycles. The van der Waals surface area contributed by atoms with E-state index in [4.69, 9.17) is 9.47 Å². The molecule has 1 aliphatic heterocycles. The second-order valence-electron chi connectivity index (χ2n) is 7.05. The fraction of sp³-hybridized carbons (Fsp3) is 0.611. The number of ether oxygens (including phenoxy) is 2. The maximum absolute atomic E-state index is 13.0. The first-order valence-electron chi connectivity index (χ1n) is 9.17. The SMILES string of the molecule is COCCn1ccc(C(=O)N2Cc3ccnn3CC(OCC3CC3)C2)n1. The Morgan fingerprint density at radius 2 is 2.19 bits per heavy atom. The summed E-state index contributed by atoms with van der Waals surface area (Å²) in [6, 6.07) is 3.72. The first-order chi connectivity index (χ1) is 12.7. The molecular weight excluding hydrogens is 334 g/mol. The van der Waals surface area contributed by atoms with Gasteiger partial charge in [0.25, 0.3) is 5.91 Å². The smallest absolute Gasteiger partial charge is 0.274 e. The third-order valence-electron chi connectivity index (χ3n) is 4.89. The minimum absolute atomic E-state index is 0.0451. The quantitative estimate of drug-likeness (QED) is 0.742. The van der Waals surface area contributed by atoms with Crippen LogP contribution in [-0.4, -0.2) is 63.3 Å². The molecule has 0 bridgehead atoms. The van der Waals surface area contributed by atoms with E-state index in [1.165, 1.54) is 12.8 Å². The van der Waals surface area contributed by atoms with E-state index in [9.17, 15) is 4.79 Å². The minimum Gasteiger partial charge on any atom is -0.383 e. The monoisotopic (exact) mass is 359 g/mol. The van der Waals surface area contributed by atoms with Crippen molar-refractivity contribution in [2.24, 2.45) is 5.92 Å². The molecule has 1 fully saturated rings. The summed E-state index contributed by atoms with van der Waals surface area (Å²) in [6.07, 6.45) is 6.05. The molecule has 4 rings (SSSR count). The van der Waals surface area contributed by atoms with Crippen LogP contribution in [0.5, 0.6) is 0 Å². The van der Waals surface area contributed by atoms with Gasteiger partial charge in [0.2, 0.25) is 0 Å². The molecule has 0 N–H and O–H groups in total. The molecular formula is C18H25N5O3. The van der Waals surface area contributed by atoms with Crippen LogP contribution in [0.2, 0.25) is 0 Å². The normalized spacial score (nSPS) is 20.0. The van der Waals surface area contributed by atoms with Gasteiger partial charge < -0.3 is 14.4 Å². The largest absolute Gasteiger partial charge is 0.383 e. The number of amides is 1. The standard InChI is InChI=1S/C18H25N5O3/c1-25-9-8-22-7-5-17(20-22)18(24)21-10-15-4-6-19-23(15)12-16(11-21)26-13-14-2-3-14/h4-7,14,16H,2-3,8-13H2,1H3. The molecule has 2 aromatic heterocycles. The lowest BCUT2D eigenvalue weighted by Crippen LogP contribution is -2.38. The number of aromatic nitrogens is 4. The van der Waals surface area contributed by atoms with E-state index in [2.05, 4.69) is 10.2 Å². The summed E-state index contributed by atoms with van der Waals surface area (Å²) < 4.78 is 14.8. The number of rotatable bonds is 7. The summed E-state index contributed by atoms with van der Waals surface area (Å²) in [4.78, 5) is 14.8. The van der Waals surface area contributed by atoms with Gasteiger partial charge in [-0.2, -0.15) is 10.2 Å². The van der Waals surface area contributed by atoms with Crippen molar-refractivity contribution >= 4 is 5.91 Å². The Morgan fingerprint density at radius 3 is 3.00 bits per heavy atom. The molecule has 0 spiro atoms. The molecule has 1 amide bonds. The fourth-order valence-corrected chi connectivity index (χ4v) is 3.18. The number of hydrogen-bond donors (Lipinski definition) is 0. The van der Waals surface area contributed by atoms with Crippen molar-refractivity contribution in [1.29, 1.82) is 0 Å². The van der Waals surface area contributed by atoms with Crippen LogP contribution < -0.4 is 0 Å². The molecule has 1 unspecified atom stereocenters. The van der Waals surface area contributed by atoms with Crippen LogP contribution in [0.4, 0.5) is 0 Å². The Hall–Kier alpha value is -2.19. The van der Waals surface area contributed by atoms with Crippen LogP contribution in [0.3, 0.4) is 0 Å². The molecule has 2 aromatic rings. The van der Waals surface area contributed by atoms with Crippen molar-refractivity contribution in [3.05, 3.63) is 35.9 Å². The predicted octanol–water partition coefficient (Wildman–Crippen LogP) is 1.18. The number of fused-ring (bicyclic) bond motifs is 1.